The number of likely N-dealkylation sites (N-methyl/N-ethyl adjacent to an activating group) is 1. The molecule has 1 aromatic carbocycles. The molecule has 0 fully saturated rings. The second-order valence-corrected chi connectivity index (χ2v) is 6.44. The Morgan fingerprint density at radius 2 is 1.88 bits per heavy atom. The Kier molecular flexibility index (Phi) is 7.43. The molecule has 134 valence electrons. The molecule has 0 aliphatic carbocycles. The van der Waals surface area contributed by atoms with E-state index in [2.05, 4.69) is 10.6 Å². The van der Waals surface area contributed by atoms with Gasteiger partial charge in [0.1, 0.15) is 5.75 Å². The van der Waals surface area contributed by atoms with Crippen molar-refractivity contribution in [2.24, 2.45) is 0 Å². The van der Waals surface area contributed by atoms with Gasteiger partial charge >= 0.3 is 0 Å². The molecule has 2 amide bonds. The molecule has 25 heavy (non-hydrogen) atoms. The van der Waals surface area contributed by atoms with E-state index in [4.69, 9.17) is 4.74 Å². The fourth-order valence-corrected chi connectivity index (χ4v) is 2.92. The standard InChI is InChI=1S/C18H23N3O3S/c1-3-21(12-17(22)19-11-14-7-6-10-25-14)13-18(23)20-15-8-4-5-9-16(15)24-2/h4-10H,3,11-13H2,1-2H3,(H,19,22)(H,20,23). The quantitative estimate of drug-likeness (QED) is 0.719. The van der Waals surface area contributed by atoms with E-state index in [-0.39, 0.29) is 24.9 Å². The predicted molar refractivity (Wildman–Crippen MR) is 99.9 cm³/mol. The molecule has 0 spiro atoms. The predicted octanol–water partition coefficient (Wildman–Crippen LogP) is 2.33. The third-order valence-electron chi connectivity index (χ3n) is 3.60. The molecular formula is C18H23N3O3S. The minimum atomic E-state index is -0.183. The van der Waals surface area contributed by atoms with Gasteiger partial charge in [-0.25, -0.2) is 0 Å². The molecule has 2 aromatic rings. The number of anilines is 1. The summed E-state index contributed by atoms with van der Waals surface area (Å²) in [6, 6.07) is 11.2. The SMILES string of the molecule is CCN(CC(=O)NCc1cccs1)CC(=O)Nc1ccccc1OC. The molecule has 0 saturated heterocycles. The van der Waals surface area contributed by atoms with Gasteiger partial charge in [0, 0.05) is 4.88 Å². The summed E-state index contributed by atoms with van der Waals surface area (Å²) in [5.41, 5.74) is 0.619. The van der Waals surface area contributed by atoms with Crippen molar-refractivity contribution in [1.82, 2.24) is 10.2 Å². The lowest BCUT2D eigenvalue weighted by Gasteiger charge is -2.19. The Labute approximate surface area is 151 Å². The fourth-order valence-electron chi connectivity index (χ4n) is 2.28. The number of carbonyl (C=O) groups excluding carboxylic acids is 2. The number of amides is 2. The van der Waals surface area contributed by atoms with Crippen LogP contribution in [0.1, 0.15) is 11.8 Å². The first-order valence-electron chi connectivity index (χ1n) is 8.06. The highest BCUT2D eigenvalue weighted by Crippen LogP contribution is 2.22. The molecule has 0 radical (unpaired) electrons. The zero-order valence-corrected chi connectivity index (χ0v) is 15.3. The molecule has 0 atom stereocenters. The molecule has 2 rings (SSSR count). The molecule has 6 nitrogen and oxygen atoms in total. The number of ether oxygens (including phenoxy) is 1. The van der Waals surface area contributed by atoms with Crippen LogP contribution < -0.4 is 15.4 Å². The van der Waals surface area contributed by atoms with Crippen molar-refractivity contribution in [3.05, 3.63) is 46.7 Å². The molecule has 2 N–H and O–H groups in total. The second-order valence-electron chi connectivity index (χ2n) is 5.41. The third kappa shape index (κ3) is 6.21. The Bertz CT molecular complexity index is 689. The largest absolute Gasteiger partial charge is 0.495 e. The van der Waals surface area contributed by atoms with E-state index in [1.54, 1.807) is 35.5 Å². The van der Waals surface area contributed by atoms with E-state index in [9.17, 15) is 9.59 Å². The zero-order valence-electron chi connectivity index (χ0n) is 14.5. The number of hydrogen-bond acceptors (Lipinski definition) is 5. The number of nitrogens with zero attached hydrogens (tertiary/aromatic N) is 1. The molecule has 1 aromatic heterocycles. The Morgan fingerprint density at radius 1 is 1.12 bits per heavy atom. The minimum Gasteiger partial charge on any atom is -0.495 e. The number of methoxy groups -OCH3 is 1. The molecule has 0 aliphatic heterocycles. The summed E-state index contributed by atoms with van der Waals surface area (Å²) >= 11 is 1.60. The van der Waals surface area contributed by atoms with E-state index in [0.717, 1.165) is 4.88 Å². The van der Waals surface area contributed by atoms with Gasteiger partial charge in [-0.2, -0.15) is 0 Å². The molecule has 7 heteroatoms. The first-order chi connectivity index (χ1) is 12.1. The Morgan fingerprint density at radius 3 is 2.56 bits per heavy atom. The highest BCUT2D eigenvalue weighted by Gasteiger charge is 2.14. The topological polar surface area (TPSA) is 70.7 Å². The lowest BCUT2D eigenvalue weighted by atomic mass is 10.3. The third-order valence-corrected chi connectivity index (χ3v) is 4.48. The van der Waals surface area contributed by atoms with E-state index >= 15 is 0 Å². The smallest absolute Gasteiger partial charge is 0.238 e. The minimum absolute atomic E-state index is 0.0969. The van der Waals surface area contributed by atoms with Crippen LogP contribution in [0.2, 0.25) is 0 Å². The maximum Gasteiger partial charge on any atom is 0.238 e. The highest BCUT2D eigenvalue weighted by atomic mass is 32.1. The fraction of sp³-hybridized carbons (Fsp3) is 0.333. The first kappa shape index (κ1) is 19.0. The summed E-state index contributed by atoms with van der Waals surface area (Å²) in [7, 11) is 1.56. The van der Waals surface area contributed by atoms with Crippen molar-refractivity contribution in [3.8, 4) is 5.75 Å². The normalized spacial score (nSPS) is 10.5. The number of para-hydroxylation sites is 2. The summed E-state index contributed by atoms with van der Waals surface area (Å²) in [5, 5.41) is 7.66. The van der Waals surface area contributed by atoms with Crippen LogP contribution in [-0.2, 0) is 16.1 Å². The number of hydrogen-bond donors (Lipinski definition) is 2. The van der Waals surface area contributed by atoms with Gasteiger partial charge in [-0.15, -0.1) is 11.3 Å². The summed E-state index contributed by atoms with van der Waals surface area (Å²) in [6.45, 7) is 3.36. The van der Waals surface area contributed by atoms with Crippen LogP contribution in [-0.4, -0.2) is 43.5 Å². The zero-order chi connectivity index (χ0) is 18.1. The van der Waals surface area contributed by atoms with Gasteiger partial charge in [0.15, 0.2) is 0 Å². The van der Waals surface area contributed by atoms with Crippen molar-refractivity contribution >= 4 is 28.8 Å². The van der Waals surface area contributed by atoms with E-state index < -0.39 is 0 Å². The monoisotopic (exact) mass is 361 g/mol. The average molecular weight is 361 g/mol. The van der Waals surface area contributed by atoms with Crippen LogP contribution in [0.15, 0.2) is 41.8 Å². The first-order valence-corrected chi connectivity index (χ1v) is 8.94. The van der Waals surface area contributed by atoms with Gasteiger partial charge in [-0.1, -0.05) is 25.1 Å². The van der Waals surface area contributed by atoms with Crippen LogP contribution >= 0.6 is 11.3 Å². The van der Waals surface area contributed by atoms with Gasteiger partial charge < -0.3 is 15.4 Å². The van der Waals surface area contributed by atoms with Gasteiger partial charge in [-0.05, 0) is 30.1 Å². The summed E-state index contributed by atoms with van der Waals surface area (Å²) in [4.78, 5) is 27.2. The van der Waals surface area contributed by atoms with Crippen molar-refractivity contribution < 1.29 is 14.3 Å². The lowest BCUT2D eigenvalue weighted by molar-refractivity contribution is -0.123. The van der Waals surface area contributed by atoms with Gasteiger partial charge in [-0.3, -0.25) is 14.5 Å². The molecule has 1 heterocycles. The van der Waals surface area contributed by atoms with Crippen LogP contribution in [0.25, 0.3) is 0 Å². The van der Waals surface area contributed by atoms with E-state index in [1.807, 2.05) is 36.6 Å². The Hall–Kier alpha value is -2.38. The number of thiophene rings is 1. The summed E-state index contributed by atoms with van der Waals surface area (Å²) < 4.78 is 5.22. The average Bonchev–Trinajstić information content (AvgIpc) is 3.13. The molecular weight excluding hydrogens is 338 g/mol. The van der Waals surface area contributed by atoms with Gasteiger partial charge in [0.05, 0.1) is 32.4 Å². The van der Waals surface area contributed by atoms with Gasteiger partial charge in [0.25, 0.3) is 0 Å². The number of benzene rings is 1. The van der Waals surface area contributed by atoms with Crippen LogP contribution in [0, 0.1) is 0 Å². The van der Waals surface area contributed by atoms with Crippen LogP contribution in [0.5, 0.6) is 5.75 Å². The van der Waals surface area contributed by atoms with E-state index in [1.165, 1.54) is 0 Å². The van der Waals surface area contributed by atoms with E-state index in [0.29, 0.717) is 24.5 Å². The van der Waals surface area contributed by atoms with Crippen molar-refractivity contribution in [2.45, 2.75) is 13.5 Å². The highest BCUT2D eigenvalue weighted by molar-refractivity contribution is 7.09. The summed E-state index contributed by atoms with van der Waals surface area (Å²) in [5.74, 6) is 0.324. The number of nitrogens with one attached hydrogen (secondary N) is 2. The van der Waals surface area contributed by atoms with Crippen molar-refractivity contribution in [1.29, 1.82) is 0 Å². The number of rotatable bonds is 9. The molecule has 0 aliphatic rings. The maximum absolute atomic E-state index is 12.2. The Balaban J connectivity index is 1.81. The van der Waals surface area contributed by atoms with Crippen molar-refractivity contribution in [3.63, 3.8) is 0 Å². The van der Waals surface area contributed by atoms with Crippen molar-refractivity contribution in [2.75, 3.05) is 32.1 Å². The van der Waals surface area contributed by atoms with Gasteiger partial charge in [0.2, 0.25) is 11.8 Å². The molecule has 0 unspecified atom stereocenters. The number of carbonyl (C=O) groups is 2. The summed E-state index contributed by atoms with van der Waals surface area (Å²) in [6.07, 6.45) is 0. The second kappa shape index (κ2) is 9.80. The molecule has 0 bridgehead atoms. The molecule has 0 saturated carbocycles. The maximum atomic E-state index is 12.2. The lowest BCUT2D eigenvalue weighted by Crippen LogP contribution is -2.40. The van der Waals surface area contributed by atoms with Crippen LogP contribution in [0.3, 0.4) is 0 Å². The van der Waals surface area contributed by atoms with Crippen LogP contribution in [0.4, 0.5) is 5.69 Å².